The SMILES string of the molecule is COn1c(=O)c(-c2cccc(NC(=O)c3ccccc3)c2)cc2cnc(Nc3ccccc3)nc21. The number of fused-ring (bicyclic) bond motifs is 1. The van der Waals surface area contributed by atoms with Crippen molar-refractivity contribution >= 4 is 34.3 Å². The molecule has 0 bridgehead atoms. The van der Waals surface area contributed by atoms with E-state index in [1.807, 2.05) is 36.4 Å². The Morgan fingerprint density at radius 3 is 2.34 bits per heavy atom. The fourth-order valence-corrected chi connectivity index (χ4v) is 3.71. The predicted molar refractivity (Wildman–Crippen MR) is 136 cm³/mol. The number of carbonyl (C=O) groups is 1. The molecule has 0 saturated heterocycles. The van der Waals surface area contributed by atoms with E-state index in [1.54, 1.807) is 60.8 Å². The highest BCUT2D eigenvalue weighted by atomic mass is 16.6. The zero-order valence-corrected chi connectivity index (χ0v) is 18.8. The van der Waals surface area contributed by atoms with Crippen LogP contribution in [0.3, 0.4) is 0 Å². The third-order valence-corrected chi connectivity index (χ3v) is 5.38. The normalized spacial score (nSPS) is 10.7. The van der Waals surface area contributed by atoms with E-state index in [0.29, 0.717) is 39.4 Å². The molecule has 0 aliphatic heterocycles. The van der Waals surface area contributed by atoms with Gasteiger partial charge in [-0.3, -0.25) is 9.59 Å². The zero-order valence-electron chi connectivity index (χ0n) is 18.8. The Bertz CT molecular complexity index is 1570. The molecule has 3 aromatic carbocycles. The number of para-hydroxylation sites is 1. The van der Waals surface area contributed by atoms with Crippen LogP contribution in [-0.2, 0) is 0 Å². The minimum absolute atomic E-state index is 0.234. The number of aromatic nitrogens is 3. The van der Waals surface area contributed by atoms with Crippen LogP contribution in [0.25, 0.3) is 22.2 Å². The molecular formula is C27H21N5O3. The van der Waals surface area contributed by atoms with E-state index in [2.05, 4.69) is 20.6 Å². The van der Waals surface area contributed by atoms with E-state index >= 15 is 0 Å². The van der Waals surface area contributed by atoms with Gasteiger partial charge in [0.15, 0.2) is 5.65 Å². The Balaban J connectivity index is 1.50. The fourth-order valence-electron chi connectivity index (χ4n) is 3.71. The van der Waals surface area contributed by atoms with Crippen molar-refractivity contribution in [3.8, 4) is 11.1 Å². The van der Waals surface area contributed by atoms with Gasteiger partial charge in [0.2, 0.25) is 5.95 Å². The van der Waals surface area contributed by atoms with Crippen LogP contribution in [0.5, 0.6) is 0 Å². The molecule has 0 spiro atoms. The largest absolute Gasteiger partial charge is 0.412 e. The number of hydrogen-bond acceptors (Lipinski definition) is 6. The number of pyridine rings is 1. The van der Waals surface area contributed by atoms with Gasteiger partial charge in [0, 0.05) is 28.5 Å². The Morgan fingerprint density at radius 2 is 1.60 bits per heavy atom. The molecule has 2 aromatic heterocycles. The third kappa shape index (κ3) is 4.58. The van der Waals surface area contributed by atoms with Gasteiger partial charge >= 0.3 is 0 Å². The summed E-state index contributed by atoms with van der Waals surface area (Å²) >= 11 is 0. The van der Waals surface area contributed by atoms with Crippen molar-refractivity contribution in [1.29, 1.82) is 0 Å². The van der Waals surface area contributed by atoms with E-state index in [4.69, 9.17) is 4.84 Å². The van der Waals surface area contributed by atoms with Gasteiger partial charge in [0.05, 0.1) is 5.56 Å². The lowest BCUT2D eigenvalue weighted by molar-refractivity contribution is 0.102. The fraction of sp³-hybridized carbons (Fsp3) is 0.0370. The second kappa shape index (κ2) is 9.48. The van der Waals surface area contributed by atoms with E-state index in [-0.39, 0.29) is 11.5 Å². The van der Waals surface area contributed by atoms with Gasteiger partial charge in [-0.15, -0.1) is 4.73 Å². The Hall–Kier alpha value is -4.98. The summed E-state index contributed by atoms with van der Waals surface area (Å²) in [4.78, 5) is 40.1. The Morgan fingerprint density at radius 1 is 0.886 bits per heavy atom. The standard InChI is InChI=1S/C27H21N5O3/c1-35-32-24-20(17-28-27(31-24)30-21-12-6-3-7-13-21)16-23(26(32)34)19-11-8-14-22(15-19)29-25(33)18-9-4-2-5-10-18/h2-17H,1H3,(H,29,33)(H,28,30,31). The first kappa shape index (κ1) is 21.8. The van der Waals surface area contributed by atoms with Gasteiger partial charge in [-0.05, 0) is 48.0 Å². The molecule has 0 radical (unpaired) electrons. The van der Waals surface area contributed by atoms with Gasteiger partial charge in [0.1, 0.15) is 7.11 Å². The zero-order chi connectivity index (χ0) is 24.2. The lowest BCUT2D eigenvalue weighted by Crippen LogP contribution is -2.27. The first-order chi connectivity index (χ1) is 17.1. The molecule has 5 rings (SSSR count). The van der Waals surface area contributed by atoms with Crippen LogP contribution in [0.2, 0.25) is 0 Å². The number of hydrogen-bond donors (Lipinski definition) is 2. The summed E-state index contributed by atoms with van der Waals surface area (Å²) in [5.74, 6) is 0.106. The maximum absolute atomic E-state index is 13.3. The predicted octanol–water partition coefficient (Wildman–Crippen LogP) is 4.51. The van der Waals surface area contributed by atoms with Crippen LogP contribution >= 0.6 is 0 Å². The molecule has 2 heterocycles. The molecule has 0 fully saturated rings. The summed E-state index contributed by atoms with van der Waals surface area (Å²) in [6.45, 7) is 0. The van der Waals surface area contributed by atoms with Crippen molar-refractivity contribution in [2.24, 2.45) is 0 Å². The molecular weight excluding hydrogens is 442 g/mol. The first-order valence-electron chi connectivity index (χ1n) is 10.9. The van der Waals surface area contributed by atoms with E-state index < -0.39 is 0 Å². The molecule has 8 nitrogen and oxygen atoms in total. The smallest absolute Gasteiger partial charge is 0.292 e. The number of nitrogens with zero attached hydrogens (tertiary/aromatic N) is 3. The van der Waals surface area contributed by atoms with Crippen LogP contribution < -0.4 is 21.0 Å². The van der Waals surface area contributed by atoms with Crippen molar-refractivity contribution in [3.63, 3.8) is 0 Å². The summed E-state index contributed by atoms with van der Waals surface area (Å²) in [6, 6.07) is 27.2. The maximum atomic E-state index is 13.3. The highest BCUT2D eigenvalue weighted by Crippen LogP contribution is 2.24. The number of anilines is 3. The van der Waals surface area contributed by atoms with Crippen molar-refractivity contribution in [3.05, 3.63) is 113 Å². The number of rotatable bonds is 6. The van der Waals surface area contributed by atoms with E-state index in [1.165, 1.54) is 7.11 Å². The highest BCUT2D eigenvalue weighted by molar-refractivity contribution is 6.04. The number of nitrogens with one attached hydrogen (secondary N) is 2. The molecule has 5 aromatic rings. The lowest BCUT2D eigenvalue weighted by atomic mass is 10.1. The quantitative estimate of drug-likeness (QED) is 0.384. The van der Waals surface area contributed by atoms with Gasteiger partial charge < -0.3 is 15.5 Å². The van der Waals surface area contributed by atoms with E-state index in [0.717, 1.165) is 10.4 Å². The summed E-state index contributed by atoms with van der Waals surface area (Å²) in [6.07, 6.45) is 1.63. The monoisotopic (exact) mass is 463 g/mol. The van der Waals surface area contributed by atoms with Crippen LogP contribution in [0.4, 0.5) is 17.3 Å². The molecule has 172 valence electrons. The number of carbonyl (C=O) groups excluding carboxylic acids is 1. The molecule has 0 aliphatic carbocycles. The van der Waals surface area contributed by atoms with Crippen molar-refractivity contribution in [2.75, 3.05) is 17.7 Å². The molecule has 0 aliphatic rings. The average Bonchev–Trinajstić information content (AvgIpc) is 2.90. The molecule has 8 heteroatoms. The third-order valence-electron chi connectivity index (χ3n) is 5.38. The molecule has 1 amide bonds. The summed E-state index contributed by atoms with van der Waals surface area (Å²) in [7, 11) is 1.41. The summed E-state index contributed by atoms with van der Waals surface area (Å²) < 4.78 is 1.14. The summed E-state index contributed by atoms with van der Waals surface area (Å²) in [5, 5.41) is 6.61. The van der Waals surface area contributed by atoms with Crippen LogP contribution in [0.1, 0.15) is 10.4 Å². The molecule has 0 unspecified atom stereocenters. The second-order valence-corrected chi connectivity index (χ2v) is 7.70. The topological polar surface area (TPSA) is 98.1 Å². The highest BCUT2D eigenvalue weighted by Gasteiger charge is 2.15. The van der Waals surface area contributed by atoms with Crippen molar-refractivity contribution < 1.29 is 9.63 Å². The molecule has 0 saturated carbocycles. The minimum Gasteiger partial charge on any atom is -0.412 e. The van der Waals surface area contributed by atoms with Crippen molar-refractivity contribution in [1.82, 2.24) is 14.7 Å². The van der Waals surface area contributed by atoms with Gasteiger partial charge in [-0.25, -0.2) is 4.98 Å². The number of benzene rings is 3. The first-order valence-corrected chi connectivity index (χ1v) is 10.9. The Labute approximate surface area is 200 Å². The second-order valence-electron chi connectivity index (χ2n) is 7.70. The van der Waals surface area contributed by atoms with Crippen LogP contribution in [-0.4, -0.2) is 27.7 Å². The van der Waals surface area contributed by atoms with E-state index in [9.17, 15) is 9.59 Å². The van der Waals surface area contributed by atoms with Crippen LogP contribution in [0.15, 0.2) is 102 Å². The average molecular weight is 463 g/mol. The molecule has 0 atom stereocenters. The van der Waals surface area contributed by atoms with Crippen LogP contribution in [0, 0.1) is 0 Å². The lowest BCUT2D eigenvalue weighted by Gasteiger charge is -2.13. The summed E-state index contributed by atoms with van der Waals surface area (Å²) in [5.41, 5.74) is 2.91. The van der Waals surface area contributed by atoms with Gasteiger partial charge in [-0.1, -0.05) is 48.5 Å². The number of amides is 1. The minimum atomic E-state index is -0.379. The molecule has 35 heavy (non-hydrogen) atoms. The maximum Gasteiger partial charge on any atom is 0.292 e. The van der Waals surface area contributed by atoms with Crippen molar-refractivity contribution in [2.45, 2.75) is 0 Å². The Kier molecular flexibility index (Phi) is 5.92. The van der Waals surface area contributed by atoms with Gasteiger partial charge in [0.25, 0.3) is 11.5 Å². The molecule has 2 N–H and O–H groups in total. The van der Waals surface area contributed by atoms with Gasteiger partial charge in [-0.2, -0.15) is 4.98 Å².